The molecule has 0 unspecified atom stereocenters. The second-order valence-electron chi connectivity index (χ2n) is 9.16. The van der Waals surface area contributed by atoms with Crippen LogP contribution in [0.5, 0.6) is 0 Å². The standard InChI is InChI=1S/C28H26N6O.ClH/c29-25-22(3-1-16-31-25)26-33-24-13-12-23(19-6-4-18(17-35)5-7-19)32-27(24)34(26)21-10-8-20(9-11-21)28(30)14-2-15-28;/h1,3-13,16,35H,2,14-15,17,30H2,(H2,29,31);1H. The number of aliphatic hydroxyl groups is 1. The van der Waals surface area contributed by atoms with Gasteiger partial charge in [-0.2, -0.15) is 0 Å². The quantitative estimate of drug-likeness (QED) is 0.314. The van der Waals surface area contributed by atoms with Gasteiger partial charge < -0.3 is 16.6 Å². The number of benzene rings is 2. The summed E-state index contributed by atoms with van der Waals surface area (Å²) in [5.74, 6) is 1.10. The Morgan fingerprint density at radius 2 is 1.67 bits per heavy atom. The number of pyridine rings is 2. The minimum atomic E-state index is -0.224. The topological polar surface area (TPSA) is 116 Å². The van der Waals surface area contributed by atoms with E-state index in [1.54, 1.807) is 6.20 Å². The second kappa shape index (κ2) is 9.35. The van der Waals surface area contributed by atoms with Crippen molar-refractivity contribution in [3.63, 3.8) is 0 Å². The fraction of sp³-hybridized carbons (Fsp3) is 0.179. The fourth-order valence-corrected chi connectivity index (χ4v) is 4.72. The first kappa shape index (κ1) is 23.9. The molecule has 0 bridgehead atoms. The van der Waals surface area contributed by atoms with Crippen LogP contribution < -0.4 is 11.5 Å². The van der Waals surface area contributed by atoms with Gasteiger partial charge in [0.25, 0.3) is 0 Å². The summed E-state index contributed by atoms with van der Waals surface area (Å²) < 4.78 is 2.03. The highest BCUT2D eigenvalue weighted by molar-refractivity contribution is 5.85. The number of fused-ring (bicyclic) bond motifs is 1. The molecule has 6 rings (SSSR count). The minimum absolute atomic E-state index is 0. The van der Waals surface area contributed by atoms with Crippen LogP contribution in [0, 0.1) is 0 Å². The lowest BCUT2D eigenvalue weighted by Gasteiger charge is -2.38. The van der Waals surface area contributed by atoms with Gasteiger partial charge in [-0.1, -0.05) is 36.4 Å². The van der Waals surface area contributed by atoms with Gasteiger partial charge in [0, 0.05) is 23.0 Å². The molecule has 1 saturated carbocycles. The summed E-state index contributed by atoms with van der Waals surface area (Å²) in [7, 11) is 0. The molecule has 1 aliphatic rings. The van der Waals surface area contributed by atoms with Crippen LogP contribution in [0.1, 0.15) is 30.4 Å². The summed E-state index contributed by atoms with van der Waals surface area (Å²) in [6, 6.07) is 23.8. The molecule has 1 fully saturated rings. The molecule has 1 aliphatic carbocycles. The van der Waals surface area contributed by atoms with Gasteiger partial charge in [-0.3, -0.25) is 4.57 Å². The average molecular weight is 499 g/mol. The lowest BCUT2D eigenvalue weighted by Crippen LogP contribution is -2.43. The highest BCUT2D eigenvalue weighted by atomic mass is 35.5. The lowest BCUT2D eigenvalue weighted by atomic mass is 9.73. The molecule has 8 heteroatoms. The molecule has 5 N–H and O–H groups in total. The molecule has 0 amide bonds. The Bertz CT molecular complexity index is 1520. The summed E-state index contributed by atoms with van der Waals surface area (Å²) in [6.45, 7) is 0.00941. The number of aliphatic hydroxyl groups excluding tert-OH is 1. The minimum Gasteiger partial charge on any atom is -0.392 e. The van der Waals surface area contributed by atoms with Crippen molar-refractivity contribution >= 4 is 29.4 Å². The van der Waals surface area contributed by atoms with E-state index in [9.17, 15) is 5.11 Å². The molecule has 2 aromatic carbocycles. The first-order valence-electron chi connectivity index (χ1n) is 11.8. The smallest absolute Gasteiger partial charge is 0.165 e. The van der Waals surface area contributed by atoms with E-state index >= 15 is 0 Å². The molecule has 7 nitrogen and oxygen atoms in total. The zero-order valence-corrected chi connectivity index (χ0v) is 20.4. The van der Waals surface area contributed by atoms with Gasteiger partial charge in [-0.25, -0.2) is 15.0 Å². The zero-order chi connectivity index (χ0) is 24.0. The molecule has 0 atom stereocenters. The molecular weight excluding hydrogens is 472 g/mol. The molecule has 36 heavy (non-hydrogen) atoms. The van der Waals surface area contributed by atoms with Crippen LogP contribution in [0.15, 0.2) is 79.0 Å². The molecule has 0 aliphatic heterocycles. The van der Waals surface area contributed by atoms with Crippen molar-refractivity contribution in [2.75, 3.05) is 5.73 Å². The maximum Gasteiger partial charge on any atom is 0.165 e. The molecule has 182 valence electrons. The number of imidazole rings is 1. The highest BCUT2D eigenvalue weighted by Crippen LogP contribution is 2.39. The number of nitrogens with two attached hydrogens (primary N) is 2. The lowest BCUT2D eigenvalue weighted by molar-refractivity contribution is 0.253. The first-order valence-corrected chi connectivity index (χ1v) is 11.8. The Balaban J connectivity index is 0.00000267. The van der Waals surface area contributed by atoms with Crippen LogP contribution >= 0.6 is 12.4 Å². The van der Waals surface area contributed by atoms with Crippen molar-refractivity contribution in [2.45, 2.75) is 31.4 Å². The molecule has 5 aromatic rings. The van der Waals surface area contributed by atoms with Gasteiger partial charge in [0.1, 0.15) is 11.3 Å². The van der Waals surface area contributed by atoms with Crippen molar-refractivity contribution in [2.24, 2.45) is 5.73 Å². The van der Waals surface area contributed by atoms with E-state index in [2.05, 4.69) is 29.2 Å². The number of hydrogen-bond donors (Lipinski definition) is 3. The number of halogens is 1. The third kappa shape index (κ3) is 4.01. The Labute approximate surface area is 215 Å². The van der Waals surface area contributed by atoms with Crippen molar-refractivity contribution in [3.8, 4) is 28.3 Å². The van der Waals surface area contributed by atoms with Gasteiger partial charge in [-0.15, -0.1) is 12.4 Å². The van der Waals surface area contributed by atoms with E-state index in [1.165, 1.54) is 6.42 Å². The highest BCUT2D eigenvalue weighted by Gasteiger charge is 2.34. The fourth-order valence-electron chi connectivity index (χ4n) is 4.72. The van der Waals surface area contributed by atoms with Gasteiger partial charge in [0.05, 0.1) is 17.9 Å². The average Bonchev–Trinajstić information content (AvgIpc) is 3.26. The maximum atomic E-state index is 9.38. The number of hydrogen-bond acceptors (Lipinski definition) is 6. The van der Waals surface area contributed by atoms with Crippen LogP contribution in [0.3, 0.4) is 0 Å². The van der Waals surface area contributed by atoms with E-state index in [0.29, 0.717) is 11.6 Å². The van der Waals surface area contributed by atoms with Crippen LogP contribution in [0.2, 0.25) is 0 Å². The Kier molecular flexibility index (Phi) is 6.22. The van der Waals surface area contributed by atoms with Crippen molar-refractivity contribution < 1.29 is 5.11 Å². The summed E-state index contributed by atoms with van der Waals surface area (Å²) >= 11 is 0. The van der Waals surface area contributed by atoms with E-state index in [0.717, 1.165) is 57.6 Å². The third-order valence-corrected chi connectivity index (χ3v) is 6.96. The number of aromatic nitrogens is 4. The van der Waals surface area contributed by atoms with Crippen molar-refractivity contribution in [1.29, 1.82) is 0 Å². The molecule has 0 spiro atoms. The normalized spacial score (nSPS) is 14.3. The molecule has 0 radical (unpaired) electrons. The van der Waals surface area contributed by atoms with Crippen molar-refractivity contribution in [1.82, 2.24) is 19.5 Å². The van der Waals surface area contributed by atoms with Gasteiger partial charge in [0.15, 0.2) is 11.5 Å². The van der Waals surface area contributed by atoms with Crippen LogP contribution in [0.25, 0.3) is 39.5 Å². The first-order chi connectivity index (χ1) is 17.1. The summed E-state index contributed by atoms with van der Waals surface area (Å²) in [5, 5.41) is 9.38. The van der Waals surface area contributed by atoms with E-state index in [1.807, 2.05) is 53.1 Å². The largest absolute Gasteiger partial charge is 0.392 e. The predicted molar refractivity (Wildman–Crippen MR) is 145 cm³/mol. The predicted octanol–water partition coefficient (Wildman–Crippen LogP) is 4.98. The van der Waals surface area contributed by atoms with Gasteiger partial charge in [0.2, 0.25) is 0 Å². The van der Waals surface area contributed by atoms with Crippen LogP contribution in [0.4, 0.5) is 5.82 Å². The number of nitrogen functional groups attached to an aromatic ring is 1. The second-order valence-corrected chi connectivity index (χ2v) is 9.16. The monoisotopic (exact) mass is 498 g/mol. The Morgan fingerprint density at radius 3 is 2.31 bits per heavy atom. The van der Waals surface area contributed by atoms with Crippen molar-refractivity contribution in [3.05, 3.63) is 90.1 Å². The zero-order valence-electron chi connectivity index (χ0n) is 19.6. The van der Waals surface area contributed by atoms with Gasteiger partial charge in [-0.05, 0) is 66.8 Å². The van der Waals surface area contributed by atoms with E-state index in [4.69, 9.17) is 21.4 Å². The maximum absolute atomic E-state index is 9.38. The summed E-state index contributed by atoms with van der Waals surface area (Å²) in [6.07, 6.45) is 4.86. The molecule has 3 aromatic heterocycles. The number of rotatable bonds is 5. The van der Waals surface area contributed by atoms with E-state index < -0.39 is 0 Å². The van der Waals surface area contributed by atoms with Crippen LogP contribution in [-0.2, 0) is 12.1 Å². The number of nitrogens with zero attached hydrogens (tertiary/aromatic N) is 4. The molecule has 3 heterocycles. The SMILES string of the molecule is Cl.Nc1ncccc1-c1nc2ccc(-c3ccc(CO)cc3)nc2n1-c1ccc(C2(N)CCC2)cc1. The Hall–Kier alpha value is -3.78. The summed E-state index contributed by atoms with van der Waals surface area (Å²) in [4.78, 5) is 14.2. The summed E-state index contributed by atoms with van der Waals surface area (Å²) in [5.41, 5.74) is 19.5. The molecule has 0 saturated heterocycles. The van der Waals surface area contributed by atoms with Gasteiger partial charge >= 0.3 is 0 Å². The van der Waals surface area contributed by atoms with E-state index in [-0.39, 0.29) is 24.6 Å². The number of anilines is 1. The molecular formula is C28H27ClN6O. The third-order valence-electron chi connectivity index (χ3n) is 6.96. The Morgan fingerprint density at radius 1 is 0.917 bits per heavy atom. The van der Waals surface area contributed by atoms with Crippen LogP contribution in [-0.4, -0.2) is 24.6 Å².